The minimum Gasteiger partial charge on any atom is -0.330 e. The number of urea groups is 1. The summed E-state index contributed by atoms with van der Waals surface area (Å²) in [5.41, 5.74) is 6.40. The second kappa shape index (κ2) is 8.64. The van der Waals surface area contributed by atoms with Crippen LogP contribution in [0.3, 0.4) is 0 Å². The number of carbonyl (C=O) groups is 2. The highest BCUT2D eigenvalue weighted by atomic mass is 32.1. The van der Waals surface area contributed by atoms with E-state index in [0.717, 1.165) is 27.5 Å². The van der Waals surface area contributed by atoms with Crippen molar-refractivity contribution in [2.45, 2.75) is 19.4 Å². The fourth-order valence-electron chi connectivity index (χ4n) is 3.17. The largest absolute Gasteiger partial charge is 0.331 e. The second-order valence-electron chi connectivity index (χ2n) is 7.24. The highest BCUT2D eigenvalue weighted by Crippen LogP contribution is 2.25. The van der Waals surface area contributed by atoms with Crippen LogP contribution in [0.5, 0.6) is 0 Å². The van der Waals surface area contributed by atoms with Gasteiger partial charge in [-0.1, -0.05) is 30.3 Å². The van der Waals surface area contributed by atoms with E-state index in [-0.39, 0.29) is 18.4 Å². The predicted octanol–water partition coefficient (Wildman–Crippen LogP) is 2.26. The molecule has 0 saturated carbocycles. The van der Waals surface area contributed by atoms with E-state index >= 15 is 0 Å². The van der Waals surface area contributed by atoms with E-state index in [2.05, 4.69) is 25.9 Å². The van der Waals surface area contributed by atoms with Gasteiger partial charge in [-0.05, 0) is 0 Å². The fourth-order valence-corrected chi connectivity index (χ4v) is 4.00. The zero-order chi connectivity index (χ0) is 21.1. The van der Waals surface area contributed by atoms with Gasteiger partial charge < -0.3 is 10.2 Å². The second-order valence-corrected chi connectivity index (χ2v) is 8.10. The van der Waals surface area contributed by atoms with Crippen molar-refractivity contribution < 1.29 is 9.59 Å². The SMILES string of the molecule is CN(C)C(=O)NN1CCc2n[nH]c(NC(=O)Cc3csc(-c4ccccc4)n3)c2C1. The van der Waals surface area contributed by atoms with E-state index in [1.54, 1.807) is 14.1 Å². The molecule has 0 spiro atoms. The summed E-state index contributed by atoms with van der Waals surface area (Å²) in [6.45, 7) is 1.13. The summed E-state index contributed by atoms with van der Waals surface area (Å²) in [6.07, 6.45) is 0.861. The lowest BCUT2D eigenvalue weighted by molar-refractivity contribution is -0.115. The van der Waals surface area contributed by atoms with Crippen molar-refractivity contribution in [3.05, 3.63) is 52.7 Å². The van der Waals surface area contributed by atoms with Crippen LogP contribution in [0.25, 0.3) is 10.6 Å². The first-order chi connectivity index (χ1) is 14.5. The van der Waals surface area contributed by atoms with Crippen molar-refractivity contribution in [2.24, 2.45) is 0 Å². The monoisotopic (exact) mass is 425 g/mol. The summed E-state index contributed by atoms with van der Waals surface area (Å²) in [5, 5.41) is 14.7. The Hall–Kier alpha value is -3.24. The van der Waals surface area contributed by atoms with E-state index in [1.165, 1.54) is 16.2 Å². The standard InChI is InChI=1S/C20H23N7O2S/c1-26(2)20(29)25-27-9-8-16-15(11-27)18(24-23-16)22-17(28)10-14-12-30-19(21-14)13-6-4-3-5-7-13/h3-7,12H,8-11H2,1-2H3,(H,25,29)(H2,22,23,24,28). The molecule has 0 unspecified atom stereocenters. The van der Waals surface area contributed by atoms with Crippen LogP contribution in [-0.2, 0) is 24.2 Å². The molecule has 3 aromatic rings. The number of fused-ring (bicyclic) bond motifs is 1. The third-order valence-corrected chi connectivity index (χ3v) is 5.70. The summed E-state index contributed by atoms with van der Waals surface area (Å²) >= 11 is 1.52. The molecule has 3 N–H and O–H groups in total. The van der Waals surface area contributed by atoms with Gasteiger partial charge in [-0.15, -0.1) is 11.3 Å². The van der Waals surface area contributed by atoms with Crippen LogP contribution < -0.4 is 10.7 Å². The summed E-state index contributed by atoms with van der Waals surface area (Å²) in [4.78, 5) is 30.5. The molecule has 30 heavy (non-hydrogen) atoms. The zero-order valence-electron chi connectivity index (χ0n) is 16.8. The van der Waals surface area contributed by atoms with Crippen molar-refractivity contribution in [2.75, 3.05) is 26.0 Å². The van der Waals surface area contributed by atoms with Gasteiger partial charge in [0.15, 0.2) is 0 Å². The Morgan fingerprint density at radius 2 is 2.07 bits per heavy atom. The van der Waals surface area contributed by atoms with E-state index in [9.17, 15) is 9.59 Å². The molecule has 2 aromatic heterocycles. The lowest BCUT2D eigenvalue weighted by Crippen LogP contribution is -2.48. The number of hydrogen-bond acceptors (Lipinski definition) is 6. The van der Waals surface area contributed by atoms with Gasteiger partial charge >= 0.3 is 6.03 Å². The third kappa shape index (κ3) is 4.50. The smallest absolute Gasteiger partial charge is 0.330 e. The Labute approximate surface area is 178 Å². The number of amides is 3. The van der Waals surface area contributed by atoms with E-state index in [4.69, 9.17) is 0 Å². The number of nitrogens with one attached hydrogen (secondary N) is 3. The lowest BCUT2D eigenvalue weighted by atomic mass is 10.1. The molecule has 0 bridgehead atoms. The molecule has 1 aliphatic heterocycles. The van der Waals surface area contributed by atoms with Gasteiger partial charge in [0.25, 0.3) is 0 Å². The summed E-state index contributed by atoms with van der Waals surface area (Å²) in [6, 6.07) is 9.71. The van der Waals surface area contributed by atoms with Crippen LogP contribution in [0.2, 0.25) is 0 Å². The van der Waals surface area contributed by atoms with Crippen molar-refractivity contribution in [3.63, 3.8) is 0 Å². The molecule has 0 saturated heterocycles. The molecule has 1 aromatic carbocycles. The summed E-state index contributed by atoms with van der Waals surface area (Å²) < 4.78 is 0. The van der Waals surface area contributed by atoms with Crippen molar-refractivity contribution >= 4 is 29.1 Å². The minimum atomic E-state index is -0.190. The number of H-pyrrole nitrogens is 1. The number of aromatic nitrogens is 3. The first-order valence-electron chi connectivity index (χ1n) is 9.58. The topological polar surface area (TPSA) is 106 Å². The van der Waals surface area contributed by atoms with Gasteiger partial charge in [0, 0.05) is 50.1 Å². The van der Waals surface area contributed by atoms with E-state index in [1.807, 2.05) is 40.7 Å². The number of benzene rings is 1. The predicted molar refractivity (Wildman–Crippen MR) is 115 cm³/mol. The number of carbonyl (C=O) groups excluding carboxylic acids is 2. The van der Waals surface area contributed by atoms with Gasteiger partial charge in [0.2, 0.25) is 5.91 Å². The van der Waals surface area contributed by atoms with Crippen molar-refractivity contribution in [1.82, 2.24) is 30.5 Å². The normalized spacial score (nSPS) is 13.5. The molecule has 156 valence electrons. The molecular weight excluding hydrogens is 402 g/mol. The average Bonchev–Trinajstić information content (AvgIpc) is 3.36. The number of nitrogens with zero attached hydrogens (tertiary/aromatic N) is 4. The van der Waals surface area contributed by atoms with Crippen LogP contribution in [-0.4, -0.2) is 57.7 Å². The molecule has 0 atom stereocenters. The molecule has 0 aliphatic carbocycles. The summed E-state index contributed by atoms with van der Waals surface area (Å²) in [5.74, 6) is 0.401. The molecule has 9 nitrogen and oxygen atoms in total. The highest BCUT2D eigenvalue weighted by Gasteiger charge is 2.24. The lowest BCUT2D eigenvalue weighted by Gasteiger charge is -2.28. The van der Waals surface area contributed by atoms with Crippen LogP contribution in [0.1, 0.15) is 17.0 Å². The number of anilines is 1. The Kier molecular flexibility index (Phi) is 5.77. The summed E-state index contributed by atoms with van der Waals surface area (Å²) in [7, 11) is 3.38. The van der Waals surface area contributed by atoms with Crippen LogP contribution in [0.4, 0.5) is 10.6 Å². The average molecular weight is 426 g/mol. The number of thiazole rings is 1. The molecule has 4 rings (SSSR count). The molecule has 3 amide bonds. The van der Waals surface area contributed by atoms with E-state index < -0.39 is 0 Å². The zero-order valence-corrected chi connectivity index (χ0v) is 17.6. The Bertz CT molecular complexity index is 1040. The van der Waals surface area contributed by atoms with Gasteiger partial charge in [-0.3, -0.25) is 15.3 Å². The van der Waals surface area contributed by atoms with Crippen LogP contribution >= 0.6 is 11.3 Å². The number of hydrogen-bond donors (Lipinski definition) is 3. The molecule has 0 fully saturated rings. The van der Waals surface area contributed by atoms with Gasteiger partial charge in [0.1, 0.15) is 10.8 Å². The van der Waals surface area contributed by atoms with E-state index in [0.29, 0.717) is 25.3 Å². The quantitative estimate of drug-likeness (QED) is 0.581. The van der Waals surface area contributed by atoms with Gasteiger partial charge in [-0.25, -0.2) is 14.8 Å². The maximum absolute atomic E-state index is 12.6. The molecule has 1 aliphatic rings. The number of hydrazine groups is 1. The van der Waals surface area contributed by atoms with Crippen LogP contribution in [0.15, 0.2) is 35.7 Å². The first-order valence-corrected chi connectivity index (χ1v) is 10.5. The van der Waals surface area contributed by atoms with Gasteiger partial charge in [-0.2, -0.15) is 5.10 Å². The number of rotatable bonds is 5. The fraction of sp³-hybridized carbons (Fsp3) is 0.300. The van der Waals surface area contributed by atoms with Crippen molar-refractivity contribution in [3.8, 4) is 10.6 Å². The van der Waals surface area contributed by atoms with Crippen LogP contribution in [0, 0.1) is 0 Å². The van der Waals surface area contributed by atoms with Crippen molar-refractivity contribution in [1.29, 1.82) is 0 Å². The maximum Gasteiger partial charge on any atom is 0.331 e. The minimum absolute atomic E-state index is 0.166. The number of aromatic amines is 1. The maximum atomic E-state index is 12.6. The molecular formula is C20H23N7O2S. The first kappa shape index (κ1) is 20.0. The molecule has 3 heterocycles. The Balaban J connectivity index is 1.39. The highest BCUT2D eigenvalue weighted by molar-refractivity contribution is 7.13. The third-order valence-electron chi connectivity index (χ3n) is 4.76. The Morgan fingerprint density at radius 3 is 2.83 bits per heavy atom. The molecule has 0 radical (unpaired) electrons. The Morgan fingerprint density at radius 1 is 1.27 bits per heavy atom. The molecule has 10 heteroatoms. The van der Waals surface area contributed by atoms with Gasteiger partial charge in [0.05, 0.1) is 17.8 Å².